The lowest BCUT2D eigenvalue weighted by molar-refractivity contribution is -0.130. The normalized spacial score (nSPS) is 17.6. The standard InChI is InChI=1S/C21H22ClNO5/c1-23(12-15-13-27-17-5-2-3-6-18(17)28-15)20(24)11-14-9-16(22)21-19(10-14)25-7-4-8-26-21/h2-3,5-6,9-10,15H,4,7-8,11-13H2,1H3. The molecule has 2 aliphatic heterocycles. The number of amides is 1. The molecular formula is C21H22ClNO5. The van der Waals surface area contributed by atoms with Crippen LogP contribution >= 0.6 is 11.6 Å². The van der Waals surface area contributed by atoms with Crippen molar-refractivity contribution >= 4 is 17.5 Å². The number of benzene rings is 2. The molecule has 2 aromatic rings. The molecule has 6 nitrogen and oxygen atoms in total. The summed E-state index contributed by atoms with van der Waals surface area (Å²) in [5.74, 6) is 2.54. The monoisotopic (exact) mass is 403 g/mol. The smallest absolute Gasteiger partial charge is 0.226 e. The van der Waals surface area contributed by atoms with E-state index in [0.29, 0.717) is 48.6 Å². The van der Waals surface area contributed by atoms with Gasteiger partial charge in [-0.2, -0.15) is 0 Å². The van der Waals surface area contributed by atoms with Crippen molar-refractivity contribution in [3.63, 3.8) is 0 Å². The van der Waals surface area contributed by atoms with Gasteiger partial charge in [0.1, 0.15) is 6.61 Å². The Hall–Kier alpha value is -2.60. The molecule has 0 aromatic heterocycles. The van der Waals surface area contributed by atoms with Crippen LogP contribution < -0.4 is 18.9 Å². The number of fused-ring (bicyclic) bond motifs is 2. The highest BCUT2D eigenvalue weighted by Crippen LogP contribution is 2.38. The van der Waals surface area contributed by atoms with Gasteiger partial charge in [-0.1, -0.05) is 23.7 Å². The first kappa shape index (κ1) is 18.7. The minimum Gasteiger partial charge on any atom is -0.489 e. The van der Waals surface area contributed by atoms with Crippen molar-refractivity contribution in [2.75, 3.05) is 33.4 Å². The van der Waals surface area contributed by atoms with Crippen LogP contribution in [0, 0.1) is 0 Å². The molecule has 0 spiro atoms. The fraction of sp³-hybridized carbons (Fsp3) is 0.381. The highest BCUT2D eigenvalue weighted by molar-refractivity contribution is 6.32. The number of rotatable bonds is 4. The first-order valence-corrected chi connectivity index (χ1v) is 9.68. The van der Waals surface area contributed by atoms with E-state index >= 15 is 0 Å². The Kier molecular flexibility index (Phi) is 5.48. The predicted molar refractivity (Wildman–Crippen MR) is 105 cm³/mol. The molecule has 2 heterocycles. The second-order valence-electron chi connectivity index (χ2n) is 6.90. The number of nitrogens with zero attached hydrogens (tertiary/aromatic N) is 1. The largest absolute Gasteiger partial charge is 0.489 e. The van der Waals surface area contributed by atoms with Gasteiger partial charge in [0.05, 0.1) is 31.2 Å². The summed E-state index contributed by atoms with van der Waals surface area (Å²) in [6.07, 6.45) is 0.808. The van der Waals surface area contributed by atoms with E-state index in [1.165, 1.54) is 0 Å². The van der Waals surface area contributed by atoms with Gasteiger partial charge in [0.25, 0.3) is 0 Å². The highest BCUT2D eigenvalue weighted by atomic mass is 35.5. The molecule has 0 aliphatic carbocycles. The number of carbonyl (C=O) groups is 1. The maximum Gasteiger partial charge on any atom is 0.226 e. The molecule has 148 valence electrons. The molecule has 1 atom stereocenters. The molecule has 0 fully saturated rings. The van der Waals surface area contributed by atoms with Crippen molar-refractivity contribution in [2.24, 2.45) is 0 Å². The highest BCUT2D eigenvalue weighted by Gasteiger charge is 2.24. The fourth-order valence-electron chi connectivity index (χ4n) is 3.26. The molecule has 7 heteroatoms. The van der Waals surface area contributed by atoms with E-state index in [0.717, 1.165) is 17.7 Å². The van der Waals surface area contributed by atoms with Gasteiger partial charge in [-0.15, -0.1) is 0 Å². The summed E-state index contributed by atoms with van der Waals surface area (Å²) in [5.41, 5.74) is 0.789. The average molecular weight is 404 g/mol. The lowest BCUT2D eigenvalue weighted by Gasteiger charge is -2.29. The van der Waals surface area contributed by atoms with Gasteiger partial charge in [0.15, 0.2) is 29.1 Å². The zero-order chi connectivity index (χ0) is 19.5. The number of halogens is 1. The molecule has 0 bridgehead atoms. The third-order valence-corrected chi connectivity index (χ3v) is 4.97. The van der Waals surface area contributed by atoms with Crippen LogP contribution in [0.1, 0.15) is 12.0 Å². The number of hydrogen-bond acceptors (Lipinski definition) is 5. The summed E-state index contributed by atoms with van der Waals surface area (Å²) in [7, 11) is 1.76. The predicted octanol–water partition coefficient (Wildman–Crippen LogP) is 3.34. The molecule has 1 amide bonds. The van der Waals surface area contributed by atoms with Gasteiger partial charge >= 0.3 is 0 Å². The minimum atomic E-state index is -0.212. The molecule has 0 saturated carbocycles. The fourth-order valence-corrected chi connectivity index (χ4v) is 3.54. The second kappa shape index (κ2) is 8.19. The lowest BCUT2D eigenvalue weighted by Crippen LogP contribution is -2.42. The van der Waals surface area contributed by atoms with Crippen molar-refractivity contribution in [3.8, 4) is 23.0 Å². The van der Waals surface area contributed by atoms with Crippen LogP contribution in [0.25, 0.3) is 0 Å². The number of likely N-dealkylation sites (N-methyl/N-ethyl adjacent to an activating group) is 1. The topological polar surface area (TPSA) is 57.2 Å². The van der Waals surface area contributed by atoms with Crippen molar-refractivity contribution in [1.82, 2.24) is 4.90 Å². The Balaban J connectivity index is 1.39. The van der Waals surface area contributed by atoms with E-state index in [1.54, 1.807) is 18.0 Å². The SMILES string of the molecule is CN(CC1COc2ccccc2O1)C(=O)Cc1cc(Cl)c2c(c1)OCCCO2. The molecule has 2 aliphatic rings. The third-order valence-electron chi connectivity index (χ3n) is 4.69. The quantitative estimate of drug-likeness (QED) is 0.783. The minimum absolute atomic E-state index is 0.0342. The van der Waals surface area contributed by atoms with E-state index in [4.69, 9.17) is 30.5 Å². The van der Waals surface area contributed by atoms with Crippen molar-refractivity contribution in [2.45, 2.75) is 18.9 Å². The summed E-state index contributed by atoms with van der Waals surface area (Å²) in [6.45, 7) is 1.98. The molecule has 4 rings (SSSR count). The van der Waals surface area contributed by atoms with Gasteiger partial charge in [-0.05, 0) is 29.8 Å². The van der Waals surface area contributed by atoms with Gasteiger partial charge < -0.3 is 23.8 Å². The van der Waals surface area contributed by atoms with Crippen molar-refractivity contribution in [1.29, 1.82) is 0 Å². The van der Waals surface area contributed by atoms with Crippen LogP contribution in [0.4, 0.5) is 0 Å². The number of hydrogen-bond donors (Lipinski definition) is 0. The Morgan fingerprint density at radius 2 is 1.89 bits per heavy atom. The molecule has 28 heavy (non-hydrogen) atoms. The van der Waals surface area contributed by atoms with Gasteiger partial charge in [-0.3, -0.25) is 4.79 Å². The zero-order valence-electron chi connectivity index (χ0n) is 15.7. The lowest BCUT2D eigenvalue weighted by atomic mass is 10.1. The Labute approximate surface area is 168 Å². The van der Waals surface area contributed by atoms with E-state index < -0.39 is 0 Å². The maximum atomic E-state index is 12.7. The Morgan fingerprint density at radius 1 is 1.11 bits per heavy atom. The molecule has 2 aromatic carbocycles. The van der Waals surface area contributed by atoms with E-state index in [-0.39, 0.29) is 18.4 Å². The third kappa shape index (κ3) is 4.12. The molecular weight excluding hydrogens is 382 g/mol. The molecule has 0 N–H and O–H groups in total. The van der Waals surface area contributed by atoms with Crippen LogP contribution in [0.5, 0.6) is 23.0 Å². The Morgan fingerprint density at radius 3 is 2.75 bits per heavy atom. The zero-order valence-corrected chi connectivity index (χ0v) is 16.4. The summed E-state index contributed by atoms with van der Waals surface area (Å²) in [5, 5.41) is 0.463. The van der Waals surface area contributed by atoms with E-state index in [9.17, 15) is 4.79 Å². The first-order valence-electron chi connectivity index (χ1n) is 9.30. The van der Waals surface area contributed by atoms with Crippen LogP contribution in [-0.4, -0.2) is 50.3 Å². The molecule has 0 radical (unpaired) electrons. The number of carbonyl (C=O) groups excluding carboxylic acids is 1. The summed E-state index contributed by atoms with van der Waals surface area (Å²) < 4.78 is 23.0. The summed E-state index contributed by atoms with van der Waals surface area (Å²) in [6, 6.07) is 11.1. The van der Waals surface area contributed by atoms with Crippen molar-refractivity contribution in [3.05, 3.63) is 47.0 Å². The van der Waals surface area contributed by atoms with Crippen LogP contribution in [0.15, 0.2) is 36.4 Å². The van der Waals surface area contributed by atoms with Crippen LogP contribution in [0.2, 0.25) is 5.02 Å². The van der Waals surface area contributed by atoms with Gasteiger partial charge in [0.2, 0.25) is 5.91 Å². The van der Waals surface area contributed by atoms with Crippen molar-refractivity contribution < 1.29 is 23.7 Å². The van der Waals surface area contributed by atoms with E-state index in [2.05, 4.69) is 0 Å². The first-order chi connectivity index (χ1) is 13.6. The van der Waals surface area contributed by atoms with Crippen LogP contribution in [-0.2, 0) is 11.2 Å². The average Bonchev–Trinajstić information content (AvgIpc) is 2.94. The van der Waals surface area contributed by atoms with E-state index in [1.807, 2.05) is 30.3 Å². The summed E-state index contributed by atoms with van der Waals surface area (Å²) >= 11 is 6.32. The van der Waals surface area contributed by atoms with Gasteiger partial charge in [0, 0.05) is 13.5 Å². The number of para-hydroxylation sites is 2. The molecule has 1 unspecified atom stereocenters. The maximum absolute atomic E-state index is 12.7. The number of ether oxygens (including phenoxy) is 4. The second-order valence-corrected chi connectivity index (χ2v) is 7.31. The van der Waals surface area contributed by atoms with Gasteiger partial charge in [-0.25, -0.2) is 0 Å². The summed E-state index contributed by atoms with van der Waals surface area (Å²) in [4.78, 5) is 14.3. The molecule has 0 saturated heterocycles. The van der Waals surface area contributed by atoms with Crippen LogP contribution in [0.3, 0.4) is 0 Å². The Bertz CT molecular complexity index is 872.